The smallest absolute Gasteiger partial charge is 0.427 e. The second kappa shape index (κ2) is 5.59. The summed E-state index contributed by atoms with van der Waals surface area (Å²) in [6.45, 7) is 0.953. The van der Waals surface area contributed by atoms with Gasteiger partial charge in [-0.1, -0.05) is 6.42 Å². The third kappa shape index (κ3) is 2.45. The summed E-state index contributed by atoms with van der Waals surface area (Å²) in [6, 6.07) is -0.148. The molecule has 3 aliphatic rings. The van der Waals surface area contributed by atoms with E-state index in [0.717, 1.165) is 25.8 Å². The zero-order valence-corrected chi connectivity index (χ0v) is 12.0. The quantitative estimate of drug-likeness (QED) is 0.345. The van der Waals surface area contributed by atoms with Crippen molar-refractivity contribution in [3.8, 4) is 0 Å². The number of urea groups is 1. The fraction of sp³-hybridized carbons (Fsp3) is 0.846. The summed E-state index contributed by atoms with van der Waals surface area (Å²) in [6.07, 6.45) is 4.43. The number of amides is 3. The number of rotatable bonds is 4. The highest BCUT2D eigenvalue weighted by atomic mass is 16.4. The number of hydrogen-bond acceptors (Lipinski definition) is 5. The van der Waals surface area contributed by atoms with E-state index < -0.39 is 18.7 Å². The van der Waals surface area contributed by atoms with Crippen molar-refractivity contribution in [1.29, 1.82) is 0 Å². The minimum atomic E-state index is -1.31. The van der Waals surface area contributed by atoms with Crippen molar-refractivity contribution < 1.29 is 19.6 Å². The van der Waals surface area contributed by atoms with E-state index in [1.807, 2.05) is 0 Å². The van der Waals surface area contributed by atoms with Gasteiger partial charge in [0.05, 0.1) is 0 Å². The van der Waals surface area contributed by atoms with Crippen molar-refractivity contribution in [1.82, 2.24) is 16.0 Å². The molecular formula is C13H22BN3O4. The molecular weight excluding hydrogens is 273 g/mol. The van der Waals surface area contributed by atoms with Gasteiger partial charge in [-0.3, -0.25) is 10.1 Å². The second-order valence-electron chi connectivity index (χ2n) is 6.43. The maximum absolute atomic E-state index is 12.5. The van der Waals surface area contributed by atoms with E-state index in [1.54, 1.807) is 0 Å². The van der Waals surface area contributed by atoms with Crippen molar-refractivity contribution >= 4 is 19.1 Å². The highest BCUT2D eigenvalue weighted by molar-refractivity contribution is 6.40. The van der Waals surface area contributed by atoms with Gasteiger partial charge in [-0.25, -0.2) is 4.79 Å². The van der Waals surface area contributed by atoms with E-state index in [2.05, 4.69) is 16.0 Å². The minimum Gasteiger partial charge on any atom is -0.427 e. The molecule has 0 aromatic carbocycles. The second-order valence-corrected chi connectivity index (χ2v) is 6.43. The van der Waals surface area contributed by atoms with Gasteiger partial charge < -0.3 is 20.7 Å². The fourth-order valence-electron chi connectivity index (χ4n) is 4.46. The van der Waals surface area contributed by atoms with Crippen molar-refractivity contribution in [3.63, 3.8) is 0 Å². The number of imide groups is 1. The molecule has 0 bridgehead atoms. The molecule has 1 aliphatic carbocycles. The summed E-state index contributed by atoms with van der Waals surface area (Å²) in [5.74, 6) is -0.0386. The molecule has 4 atom stereocenters. The van der Waals surface area contributed by atoms with E-state index in [-0.39, 0.29) is 23.8 Å². The molecule has 8 heteroatoms. The van der Waals surface area contributed by atoms with Crippen LogP contribution in [0.25, 0.3) is 0 Å². The molecule has 2 aliphatic heterocycles. The number of hydrogen-bond donors (Lipinski definition) is 5. The van der Waals surface area contributed by atoms with Crippen LogP contribution in [0, 0.1) is 11.8 Å². The lowest BCUT2D eigenvalue weighted by atomic mass is 9.74. The zero-order chi connectivity index (χ0) is 15.0. The highest BCUT2D eigenvalue weighted by Gasteiger charge is 2.63. The highest BCUT2D eigenvalue weighted by Crippen LogP contribution is 2.48. The Morgan fingerprint density at radius 3 is 2.81 bits per heavy atom. The SMILES string of the molecule is O=C1NC(=O)C2(N1)C(CCCB(O)O)CC1NCCCC12. The van der Waals surface area contributed by atoms with Crippen molar-refractivity contribution in [3.05, 3.63) is 0 Å². The molecule has 5 N–H and O–H groups in total. The average Bonchev–Trinajstić information content (AvgIpc) is 2.89. The molecule has 0 aromatic heterocycles. The number of piperidine rings is 1. The average molecular weight is 295 g/mol. The van der Waals surface area contributed by atoms with Crippen LogP contribution < -0.4 is 16.0 Å². The largest absolute Gasteiger partial charge is 0.451 e. The normalized spacial score (nSPS) is 38.3. The predicted octanol–water partition coefficient (Wildman–Crippen LogP) is -0.794. The Bertz CT molecular complexity index is 447. The minimum absolute atomic E-state index is 0.0447. The fourth-order valence-corrected chi connectivity index (χ4v) is 4.46. The topological polar surface area (TPSA) is 111 Å². The van der Waals surface area contributed by atoms with Gasteiger partial charge in [-0.2, -0.15) is 0 Å². The van der Waals surface area contributed by atoms with Crippen LogP contribution in [0.2, 0.25) is 6.32 Å². The van der Waals surface area contributed by atoms with Crippen molar-refractivity contribution in [2.75, 3.05) is 6.54 Å². The Morgan fingerprint density at radius 1 is 1.33 bits per heavy atom. The van der Waals surface area contributed by atoms with Crippen LogP contribution in [0.1, 0.15) is 32.1 Å². The van der Waals surface area contributed by atoms with Gasteiger partial charge in [0.2, 0.25) is 0 Å². The molecule has 116 valence electrons. The van der Waals surface area contributed by atoms with Crippen LogP contribution >= 0.6 is 0 Å². The van der Waals surface area contributed by atoms with Crippen LogP contribution in [0.4, 0.5) is 4.79 Å². The predicted molar refractivity (Wildman–Crippen MR) is 76.3 cm³/mol. The number of carbonyl (C=O) groups is 2. The number of fused-ring (bicyclic) bond motifs is 2. The van der Waals surface area contributed by atoms with Crippen LogP contribution in [0.3, 0.4) is 0 Å². The van der Waals surface area contributed by atoms with Crippen molar-refractivity contribution in [2.24, 2.45) is 11.8 Å². The Morgan fingerprint density at radius 2 is 2.14 bits per heavy atom. The van der Waals surface area contributed by atoms with Crippen LogP contribution in [-0.4, -0.2) is 47.2 Å². The maximum Gasteiger partial charge on any atom is 0.451 e. The molecule has 3 fully saturated rings. The molecule has 21 heavy (non-hydrogen) atoms. The van der Waals surface area contributed by atoms with Crippen molar-refractivity contribution in [2.45, 2.75) is 50.0 Å². The first kappa shape index (κ1) is 14.8. The molecule has 0 aromatic rings. The van der Waals surface area contributed by atoms with E-state index >= 15 is 0 Å². The standard InChI is InChI=1S/C13H22BN3O4/c18-11-13(17-12(19)16-11)8(3-1-5-14(20)21)7-10-9(13)4-2-6-15-10/h8-10,15,20-21H,1-7H2,(H2,16,17,18,19). The van der Waals surface area contributed by atoms with Gasteiger partial charge in [-0.05, 0) is 44.5 Å². The van der Waals surface area contributed by atoms with Gasteiger partial charge in [-0.15, -0.1) is 0 Å². The third-order valence-electron chi connectivity index (χ3n) is 5.29. The summed E-state index contributed by atoms with van der Waals surface area (Å²) in [4.78, 5) is 24.1. The molecule has 3 amide bonds. The van der Waals surface area contributed by atoms with Gasteiger partial charge in [0.1, 0.15) is 5.54 Å². The first-order valence-corrected chi connectivity index (χ1v) is 7.77. The molecule has 1 saturated carbocycles. The van der Waals surface area contributed by atoms with E-state index in [1.165, 1.54) is 0 Å². The van der Waals surface area contributed by atoms with Gasteiger partial charge in [0.25, 0.3) is 5.91 Å². The molecule has 1 spiro atoms. The lowest BCUT2D eigenvalue weighted by Crippen LogP contribution is -2.58. The van der Waals surface area contributed by atoms with E-state index in [4.69, 9.17) is 10.0 Å². The van der Waals surface area contributed by atoms with Gasteiger partial charge in [0, 0.05) is 12.0 Å². The Balaban J connectivity index is 1.80. The summed E-state index contributed by atoms with van der Waals surface area (Å²) >= 11 is 0. The van der Waals surface area contributed by atoms with E-state index in [0.29, 0.717) is 19.2 Å². The van der Waals surface area contributed by atoms with Crippen LogP contribution in [0.15, 0.2) is 0 Å². The van der Waals surface area contributed by atoms with Crippen LogP contribution in [-0.2, 0) is 4.79 Å². The van der Waals surface area contributed by atoms with Gasteiger partial charge >= 0.3 is 13.1 Å². The molecule has 7 nitrogen and oxygen atoms in total. The zero-order valence-electron chi connectivity index (χ0n) is 12.0. The summed E-state index contributed by atoms with van der Waals surface area (Å²) in [5, 5.41) is 26.7. The molecule has 3 rings (SSSR count). The molecule has 0 radical (unpaired) electrons. The number of nitrogens with one attached hydrogen (secondary N) is 3. The molecule has 2 heterocycles. The van der Waals surface area contributed by atoms with Gasteiger partial charge in [0.15, 0.2) is 0 Å². The number of carbonyl (C=O) groups excluding carboxylic acids is 2. The summed E-state index contributed by atoms with van der Waals surface area (Å²) < 4.78 is 0. The third-order valence-corrected chi connectivity index (χ3v) is 5.29. The van der Waals surface area contributed by atoms with Crippen LogP contribution in [0.5, 0.6) is 0 Å². The monoisotopic (exact) mass is 295 g/mol. The molecule has 4 unspecified atom stereocenters. The lowest BCUT2D eigenvalue weighted by Gasteiger charge is -2.37. The lowest BCUT2D eigenvalue weighted by molar-refractivity contribution is -0.127. The van der Waals surface area contributed by atoms with E-state index in [9.17, 15) is 9.59 Å². The Labute approximate surface area is 124 Å². The first-order chi connectivity index (χ1) is 10.0. The Kier molecular flexibility index (Phi) is 3.94. The first-order valence-electron chi connectivity index (χ1n) is 7.77. The Hall–Kier alpha value is -1.12. The summed E-state index contributed by atoms with van der Waals surface area (Å²) in [5.41, 5.74) is -0.810. The summed E-state index contributed by atoms with van der Waals surface area (Å²) in [7, 11) is -1.31. The maximum atomic E-state index is 12.5. The molecule has 2 saturated heterocycles.